The molecule has 0 aliphatic carbocycles. The van der Waals surface area contributed by atoms with Crippen molar-refractivity contribution in [2.24, 2.45) is 0 Å². The third-order valence-electron chi connectivity index (χ3n) is 2.49. The van der Waals surface area contributed by atoms with Crippen molar-refractivity contribution in [1.82, 2.24) is 5.32 Å². The number of hydrogen-bond donors (Lipinski definition) is 1. The second-order valence-corrected chi connectivity index (χ2v) is 3.50. The van der Waals surface area contributed by atoms with E-state index in [-0.39, 0.29) is 11.9 Å². The third-order valence-corrected chi connectivity index (χ3v) is 2.49. The quantitative estimate of drug-likeness (QED) is 0.717. The van der Waals surface area contributed by atoms with Crippen LogP contribution in [0, 0.1) is 0 Å². The topological polar surface area (TPSA) is 32.3 Å². The highest BCUT2D eigenvalue weighted by atomic mass is 16.2. The summed E-state index contributed by atoms with van der Waals surface area (Å²) in [5.74, 6) is 0.155. The highest BCUT2D eigenvalue weighted by molar-refractivity contribution is 5.97. The largest absolute Gasteiger partial charge is 0.310 e. The van der Waals surface area contributed by atoms with Crippen molar-refractivity contribution in [1.29, 1.82) is 0 Å². The minimum absolute atomic E-state index is 0.0658. The van der Waals surface area contributed by atoms with Crippen LogP contribution >= 0.6 is 0 Å². The van der Waals surface area contributed by atoms with Gasteiger partial charge in [-0.1, -0.05) is 18.2 Å². The van der Waals surface area contributed by atoms with Crippen molar-refractivity contribution in [3.63, 3.8) is 0 Å². The van der Waals surface area contributed by atoms with Gasteiger partial charge in [0.05, 0.1) is 6.04 Å². The summed E-state index contributed by atoms with van der Waals surface area (Å²) in [5, 5.41) is 3.14. The third kappa shape index (κ3) is 1.63. The zero-order chi connectivity index (χ0) is 9.97. The number of nitrogens with zero attached hydrogens (tertiary/aromatic N) is 1. The molecule has 1 aliphatic heterocycles. The lowest BCUT2D eigenvalue weighted by Gasteiger charge is -2.31. The van der Waals surface area contributed by atoms with Gasteiger partial charge in [-0.2, -0.15) is 0 Å². The van der Waals surface area contributed by atoms with Gasteiger partial charge in [-0.15, -0.1) is 0 Å². The second kappa shape index (κ2) is 3.80. The maximum atomic E-state index is 11.8. The molecule has 1 aliphatic rings. The summed E-state index contributed by atoms with van der Waals surface area (Å²) < 4.78 is 0. The van der Waals surface area contributed by atoms with Gasteiger partial charge in [0.25, 0.3) is 0 Å². The van der Waals surface area contributed by atoms with E-state index in [0.29, 0.717) is 0 Å². The van der Waals surface area contributed by atoms with Crippen molar-refractivity contribution < 1.29 is 4.79 Å². The molecule has 1 amide bonds. The molecule has 3 heteroatoms. The minimum Gasteiger partial charge on any atom is -0.310 e. The van der Waals surface area contributed by atoms with E-state index in [4.69, 9.17) is 0 Å². The first-order valence-electron chi connectivity index (χ1n) is 4.89. The zero-order valence-corrected chi connectivity index (χ0v) is 8.23. The predicted molar refractivity (Wildman–Crippen MR) is 56.3 cm³/mol. The molecule has 0 aromatic heterocycles. The van der Waals surface area contributed by atoms with Gasteiger partial charge in [-0.05, 0) is 19.1 Å². The van der Waals surface area contributed by atoms with E-state index in [2.05, 4.69) is 5.32 Å². The molecule has 1 atom stereocenters. The molecule has 1 aromatic carbocycles. The molecule has 0 spiro atoms. The lowest BCUT2D eigenvalue weighted by atomic mass is 10.2. The van der Waals surface area contributed by atoms with Crippen LogP contribution in [-0.4, -0.2) is 25.0 Å². The van der Waals surface area contributed by atoms with Crippen molar-refractivity contribution >= 4 is 11.6 Å². The highest BCUT2D eigenvalue weighted by Crippen LogP contribution is 2.15. The number of para-hydroxylation sites is 1. The van der Waals surface area contributed by atoms with Crippen LogP contribution in [0.3, 0.4) is 0 Å². The molecular formula is C11H14N2O. The summed E-state index contributed by atoms with van der Waals surface area (Å²) >= 11 is 0. The molecule has 0 saturated carbocycles. The van der Waals surface area contributed by atoms with Crippen LogP contribution in [-0.2, 0) is 4.79 Å². The number of amides is 1. The summed E-state index contributed by atoms with van der Waals surface area (Å²) in [6.45, 7) is 3.52. The first-order valence-corrected chi connectivity index (χ1v) is 4.89. The molecule has 3 nitrogen and oxygen atoms in total. The molecule has 1 fully saturated rings. The Labute approximate surface area is 83.7 Å². The van der Waals surface area contributed by atoms with Crippen LogP contribution in [0.15, 0.2) is 30.3 Å². The zero-order valence-electron chi connectivity index (χ0n) is 8.23. The van der Waals surface area contributed by atoms with E-state index in [0.717, 1.165) is 18.8 Å². The molecule has 1 heterocycles. The average molecular weight is 190 g/mol. The maximum Gasteiger partial charge on any atom is 0.243 e. The number of nitrogens with one attached hydrogen (secondary N) is 1. The first-order chi connectivity index (χ1) is 6.79. The summed E-state index contributed by atoms with van der Waals surface area (Å²) in [7, 11) is 0. The molecule has 0 unspecified atom stereocenters. The van der Waals surface area contributed by atoms with Crippen molar-refractivity contribution in [2.75, 3.05) is 18.0 Å². The molecule has 0 radical (unpaired) electrons. The molecule has 2 rings (SSSR count). The van der Waals surface area contributed by atoms with E-state index in [1.807, 2.05) is 42.2 Å². The van der Waals surface area contributed by atoms with Crippen LogP contribution in [0.1, 0.15) is 6.92 Å². The predicted octanol–water partition coefficient (Wildman–Crippen LogP) is 1.01. The number of anilines is 1. The first kappa shape index (κ1) is 9.21. The van der Waals surface area contributed by atoms with E-state index in [1.54, 1.807) is 0 Å². The van der Waals surface area contributed by atoms with Gasteiger partial charge in [0.15, 0.2) is 0 Å². The Bertz CT molecular complexity index is 323. The van der Waals surface area contributed by atoms with Gasteiger partial charge in [-0.25, -0.2) is 0 Å². The fourth-order valence-corrected chi connectivity index (χ4v) is 1.69. The second-order valence-electron chi connectivity index (χ2n) is 3.50. The Morgan fingerprint density at radius 1 is 1.36 bits per heavy atom. The van der Waals surface area contributed by atoms with Gasteiger partial charge in [-0.3, -0.25) is 4.79 Å². The number of benzene rings is 1. The lowest BCUT2D eigenvalue weighted by Crippen LogP contribution is -2.53. The monoisotopic (exact) mass is 190 g/mol. The van der Waals surface area contributed by atoms with Crippen LogP contribution in [0.5, 0.6) is 0 Å². The Morgan fingerprint density at radius 3 is 2.79 bits per heavy atom. The van der Waals surface area contributed by atoms with Gasteiger partial charge in [0.2, 0.25) is 5.91 Å². The molecule has 74 valence electrons. The summed E-state index contributed by atoms with van der Waals surface area (Å²) in [4.78, 5) is 13.6. The highest BCUT2D eigenvalue weighted by Gasteiger charge is 2.25. The fourth-order valence-electron chi connectivity index (χ4n) is 1.69. The molecule has 1 N–H and O–H groups in total. The van der Waals surface area contributed by atoms with Gasteiger partial charge < -0.3 is 10.2 Å². The van der Waals surface area contributed by atoms with Crippen molar-refractivity contribution in [3.05, 3.63) is 30.3 Å². The molecule has 0 bridgehead atoms. The van der Waals surface area contributed by atoms with E-state index in [9.17, 15) is 4.79 Å². The molecular weight excluding hydrogens is 176 g/mol. The lowest BCUT2D eigenvalue weighted by molar-refractivity contribution is -0.121. The van der Waals surface area contributed by atoms with Crippen molar-refractivity contribution in [3.8, 4) is 0 Å². The van der Waals surface area contributed by atoms with Gasteiger partial charge in [0.1, 0.15) is 0 Å². The summed E-state index contributed by atoms with van der Waals surface area (Å²) in [6, 6.07) is 9.74. The Hall–Kier alpha value is -1.35. The van der Waals surface area contributed by atoms with Crippen LogP contribution in [0.25, 0.3) is 0 Å². The Morgan fingerprint density at radius 2 is 2.07 bits per heavy atom. The molecule has 1 saturated heterocycles. The standard InChI is InChI=1S/C11H14N2O/c1-9-11(14)13(8-7-12-9)10-5-3-2-4-6-10/h2-6,9,12H,7-8H2,1H3/t9-/m0/s1. The van der Waals surface area contributed by atoms with Crippen LogP contribution < -0.4 is 10.2 Å². The fraction of sp³-hybridized carbons (Fsp3) is 0.364. The summed E-state index contributed by atoms with van der Waals surface area (Å²) in [6.07, 6.45) is 0. The number of piperazine rings is 1. The number of carbonyl (C=O) groups is 1. The van der Waals surface area contributed by atoms with Crippen LogP contribution in [0.2, 0.25) is 0 Å². The van der Waals surface area contributed by atoms with Gasteiger partial charge >= 0.3 is 0 Å². The maximum absolute atomic E-state index is 11.8. The minimum atomic E-state index is -0.0658. The average Bonchev–Trinajstić information content (AvgIpc) is 2.23. The molecule has 14 heavy (non-hydrogen) atoms. The molecule has 1 aromatic rings. The number of hydrogen-bond acceptors (Lipinski definition) is 2. The smallest absolute Gasteiger partial charge is 0.243 e. The SMILES string of the molecule is C[C@@H]1NCCN(c2ccccc2)C1=O. The van der Waals surface area contributed by atoms with E-state index >= 15 is 0 Å². The Kier molecular flexibility index (Phi) is 2.50. The summed E-state index contributed by atoms with van der Waals surface area (Å²) in [5.41, 5.74) is 0.992. The van der Waals surface area contributed by atoms with Crippen LogP contribution in [0.4, 0.5) is 5.69 Å². The van der Waals surface area contributed by atoms with Gasteiger partial charge in [0, 0.05) is 18.8 Å². The van der Waals surface area contributed by atoms with E-state index in [1.165, 1.54) is 0 Å². The number of rotatable bonds is 1. The normalized spacial score (nSPS) is 22.5. The Balaban J connectivity index is 2.22. The van der Waals surface area contributed by atoms with Crippen molar-refractivity contribution in [2.45, 2.75) is 13.0 Å². The number of carbonyl (C=O) groups excluding carboxylic acids is 1. The van der Waals surface area contributed by atoms with E-state index < -0.39 is 0 Å².